The Bertz CT molecular complexity index is 306. The molecule has 1 aromatic heterocycles. The summed E-state index contributed by atoms with van der Waals surface area (Å²) in [6.45, 7) is 5.64. The molecule has 12 heavy (non-hydrogen) atoms. The third kappa shape index (κ3) is 1.10. The molecular formula is C8H11BrN2O. The predicted octanol–water partition coefficient (Wildman–Crippen LogP) is 2.26. The maximum atomic E-state index is 5.34. The standard InChI is InChI=1S/C8H11BrN2O/c1-5(2)11-7-4-12-3-6(7)8(9)10-11/h5H,3-4H2,1-2H3. The molecule has 3 nitrogen and oxygen atoms in total. The van der Waals surface area contributed by atoms with Crippen LogP contribution in [0.5, 0.6) is 0 Å². The van der Waals surface area contributed by atoms with Crippen molar-refractivity contribution in [1.29, 1.82) is 0 Å². The highest BCUT2D eigenvalue weighted by atomic mass is 79.9. The molecule has 0 fully saturated rings. The van der Waals surface area contributed by atoms with E-state index in [-0.39, 0.29) is 0 Å². The first-order valence-electron chi connectivity index (χ1n) is 4.03. The molecule has 2 rings (SSSR count). The number of hydrogen-bond donors (Lipinski definition) is 0. The van der Waals surface area contributed by atoms with E-state index in [1.807, 2.05) is 4.68 Å². The average molecular weight is 231 g/mol. The van der Waals surface area contributed by atoms with Crippen molar-refractivity contribution in [2.24, 2.45) is 0 Å². The Hall–Kier alpha value is -0.350. The minimum atomic E-state index is 0.409. The molecule has 0 spiro atoms. The number of hydrogen-bond acceptors (Lipinski definition) is 2. The van der Waals surface area contributed by atoms with E-state index in [9.17, 15) is 0 Å². The fourth-order valence-electron chi connectivity index (χ4n) is 1.45. The molecule has 0 saturated heterocycles. The summed E-state index contributed by atoms with van der Waals surface area (Å²) < 4.78 is 8.29. The molecule has 0 saturated carbocycles. The zero-order chi connectivity index (χ0) is 8.72. The molecule has 0 radical (unpaired) electrons. The minimum Gasteiger partial charge on any atom is -0.370 e. The lowest BCUT2D eigenvalue weighted by molar-refractivity contribution is 0.128. The Morgan fingerprint density at radius 3 is 2.92 bits per heavy atom. The van der Waals surface area contributed by atoms with Gasteiger partial charge in [-0.25, -0.2) is 0 Å². The van der Waals surface area contributed by atoms with Crippen LogP contribution in [0.25, 0.3) is 0 Å². The zero-order valence-corrected chi connectivity index (χ0v) is 8.76. The van der Waals surface area contributed by atoms with Crippen LogP contribution in [0, 0.1) is 0 Å². The first-order valence-corrected chi connectivity index (χ1v) is 4.83. The molecule has 0 atom stereocenters. The van der Waals surface area contributed by atoms with Crippen molar-refractivity contribution in [3.63, 3.8) is 0 Å². The van der Waals surface area contributed by atoms with Crippen LogP contribution in [0.2, 0.25) is 0 Å². The summed E-state index contributed by atoms with van der Waals surface area (Å²) in [6.07, 6.45) is 0. The molecule has 0 unspecified atom stereocenters. The van der Waals surface area contributed by atoms with Crippen molar-refractivity contribution in [1.82, 2.24) is 9.78 Å². The number of nitrogens with zero attached hydrogens (tertiary/aromatic N) is 2. The van der Waals surface area contributed by atoms with Gasteiger partial charge in [-0.15, -0.1) is 0 Å². The number of ether oxygens (including phenoxy) is 1. The molecule has 2 heterocycles. The highest BCUT2D eigenvalue weighted by Crippen LogP contribution is 2.28. The SMILES string of the molecule is CC(C)n1nc(Br)c2c1COC2. The van der Waals surface area contributed by atoms with E-state index in [0.717, 1.165) is 4.60 Å². The second-order valence-corrected chi connectivity index (χ2v) is 4.00. The van der Waals surface area contributed by atoms with Gasteiger partial charge in [0.05, 0.1) is 18.9 Å². The maximum absolute atomic E-state index is 5.34. The van der Waals surface area contributed by atoms with E-state index in [1.165, 1.54) is 11.3 Å². The summed E-state index contributed by atoms with van der Waals surface area (Å²) in [7, 11) is 0. The van der Waals surface area contributed by atoms with Crippen LogP contribution in [0.3, 0.4) is 0 Å². The highest BCUT2D eigenvalue weighted by Gasteiger charge is 2.22. The molecule has 66 valence electrons. The van der Waals surface area contributed by atoms with Gasteiger partial charge < -0.3 is 4.74 Å². The van der Waals surface area contributed by atoms with Crippen molar-refractivity contribution in [2.45, 2.75) is 33.1 Å². The topological polar surface area (TPSA) is 27.1 Å². The molecule has 1 aliphatic heterocycles. The van der Waals surface area contributed by atoms with Crippen LogP contribution in [-0.2, 0) is 18.0 Å². The van der Waals surface area contributed by atoms with E-state index in [0.29, 0.717) is 19.3 Å². The van der Waals surface area contributed by atoms with E-state index < -0.39 is 0 Å². The molecule has 0 N–H and O–H groups in total. The number of rotatable bonds is 1. The van der Waals surface area contributed by atoms with Gasteiger partial charge in [0.25, 0.3) is 0 Å². The Labute approximate surface area is 79.8 Å². The quantitative estimate of drug-likeness (QED) is 0.741. The Morgan fingerprint density at radius 2 is 2.25 bits per heavy atom. The molecule has 1 aromatic rings. The summed E-state index contributed by atoms with van der Waals surface area (Å²) in [4.78, 5) is 0. The molecular weight excluding hydrogens is 220 g/mol. The van der Waals surface area contributed by atoms with E-state index in [1.54, 1.807) is 0 Å². The first-order chi connectivity index (χ1) is 5.70. The van der Waals surface area contributed by atoms with Crippen molar-refractivity contribution in [2.75, 3.05) is 0 Å². The van der Waals surface area contributed by atoms with Gasteiger partial charge in [-0.2, -0.15) is 5.10 Å². The fourth-order valence-corrected chi connectivity index (χ4v) is 1.96. The molecule has 1 aliphatic rings. The van der Waals surface area contributed by atoms with Gasteiger partial charge in [0.2, 0.25) is 0 Å². The van der Waals surface area contributed by atoms with Gasteiger partial charge in [-0.05, 0) is 29.8 Å². The summed E-state index contributed by atoms with van der Waals surface area (Å²) in [5.41, 5.74) is 2.43. The lowest BCUT2D eigenvalue weighted by Gasteiger charge is -2.07. The maximum Gasteiger partial charge on any atom is 0.134 e. The van der Waals surface area contributed by atoms with Gasteiger partial charge in [-0.1, -0.05) is 0 Å². The van der Waals surface area contributed by atoms with Crippen LogP contribution in [0.4, 0.5) is 0 Å². The molecule has 0 aliphatic carbocycles. The van der Waals surface area contributed by atoms with Crippen molar-refractivity contribution in [3.8, 4) is 0 Å². The van der Waals surface area contributed by atoms with E-state index >= 15 is 0 Å². The number of halogens is 1. The summed E-state index contributed by atoms with van der Waals surface area (Å²) >= 11 is 3.42. The number of aromatic nitrogens is 2. The van der Waals surface area contributed by atoms with Gasteiger partial charge in [0, 0.05) is 11.6 Å². The van der Waals surface area contributed by atoms with Gasteiger partial charge >= 0.3 is 0 Å². The molecule has 4 heteroatoms. The lowest BCUT2D eigenvalue weighted by atomic mass is 10.3. The average Bonchev–Trinajstić information content (AvgIpc) is 2.53. The van der Waals surface area contributed by atoms with Crippen molar-refractivity contribution >= 4 is 15.9 Å². The largest absolute Gasteiger partial charge is 0.370 e. The Kier molecular flexibility index (Phi) is 1.96. The Balaban J connectivity index is 2.51. The lowest BCUT2D eigenvalue weighted by Crippen LogP contribution is -2.06. The Morgan fingerprint density at radius 1 is 1.50 bits per heavy atom. The summed E-state index contributed by atoms with van der Waals surface area (Å²) in [5.74, 6) is 0. The van der Waals surface area contributed by atoms with Crippen LogP contribution in [0.1, 0.15) is 31.1 Å². The monoisotopic (exact) mass is 230 g/mol. The zero-order valence-electron chi connectivity index (χ0n) is 7.17. The normalized spacial score (nSPS) is 15.7. The van der Waals surface area contributed by atoms with Crippen LogP contribution in [0.15, 0.2) is 4.60 Å². The van der Waals surface area contributed by atoms with Crippen LogP contribution < -0.4 is 0 Å². The number of fused-ring (bicyclic) bond motifs is 1. The smallest absolute Gasteiger partial charge is 0.134 e. The highest BCUT2D eigenvalue weighted by molar-refractivity contribution is 9.10. The van der Waals surface area contributed by atoms with Crippen molar-refractivity contribution < 1.29 is 4.74 Å². The predicted molar refractivity (Wildman–Crippen MR) is 48.8 cm³/mol. The van der Waals surface area contributed by atoms with Crippen LogP contribution >= 0.6 is 15.9 Å². The summed E-state index contributed by atoms with van der Waals surface area (Å²) in [5, 5.41) is 4.39. The second kappa shape index (κ2) is 2.85. The van der Waals surface area contributed by atoms with Crippen LogP contribution in [-0.4, -0.2) is 9.78 Å². The molecule has 0 aromatic carbocycles. The molecule has 0 bridgehead atoms. The van der Waals surface area contributed by atoms with E-state index in [2.05, 4.69) is 34.9 Å². The molecule has 0 amide bonds. The van der Waals surface area contributed by atoms with E-state index in [4.69, 9.17) is 4.74 Å². The third-order valence-corrected chi connectivity index (χ3v) is 2.68. The van der Waals surface area contributed by atoms with Gasteiger partial charge in [0.1, 0.15) is 4.60 Å². The minimum absolute atomic E-state index is 0.409. The van der Waals surface area contributed by atoms with Crippen molar-refractivity contribution in [3.05, 3.63) is 15.9 Å². The summed E-state index contributed by atoms with van der Waals surface area (Å²) in [6, 6.07) is 0.409. The third-order valence-electron chi connectivity index (χ3n) is 2.04. The second-order valence-electron chi connectivity index (χ2n) is 3.25. The fraction of sp³-hybridized carbons (Fsp3) is 0.625. The van der Waals surface area contributed by atoms with Gasteiger partial charge in [-0.3, -0.25) is 4.68 Å². The first kappa shape index (κ1) is 8.26. The van der Waals surface area contributed by atoms with Gasteiger partial charge in [0.15, 0.2) is 0 Å².